The van der Waals surface area contributed by atoms with Gasteiger partial charge in [0.25, 0.3) is 0 Å². The predicted octanol–water partition coefficient (Wildman–Crippen LogP) is 2.04. The molecule has 16 heavy (non-hydrogen) atoms. The Labute approximate surface area is 109 Å². The summed E-state index contributed by atoms with van der Waals surface area (Å²) in [7, 11) is 0. The van der Waals surface area contributed by atoms with Gasteiger partial charge in [0.1, 0.15) is 12.6 Å². The Morgan fingerprint density at radius 2 is 2.25 bits per heavy atom. The van der Waals surface area contributed by atoms with E-state index in [1.807, 2.05) is 19.1 Å². The van der Waals surface area contributed by atoms with Gasteiger partial charge in [-0.25, -0.2) is 0 Å². The number of ether oxygens (including phenoxy) is 1. The van der Waals surface area contributed by atoms with Crippen molar-refractivity contribution in [2.24, 2.45) is 0 Å². The van der Waals surface area contributed by atoms with Crippen LogP contribution in [0.1, 0.15) is 12.5 Å². The second-order valence-corrected chi connectivity index (χ2v) is 5.07. The number of nitrogens with zero attached hydrogens (tertiary/aromatic N) is 1. The van der Waals surface area contributed by atoms with Crippen LogP contribution in [0.5, 0.6) is 0 Å². The first-order chi connectivity index (χ1) is 7.68. The first-order valence-electron chi connectivity index (χ1n) is 5.32. The Morgan fingerprint density at radius 1 is 1.50 bits per heavy atom. The van der Waals surface area contributed by atoms with E-state index in [0.717, 1.165) is 13.1 Å². The third-order valence-electron chi connectivity index (χ3n) is 2.84. The van der Waals surface area contributed by atoms with Crippen LogP contribution in [0.3, 0.4) is 0 Å². The molecular formula is C12H14INO2. The first-order valence-corrected chi connectivity index (χ1v) is 6.40. The van der Waals surface area contributed by atoms with Crippen LogP contribution in [0.25, 0.3) is 0 Å². The molecule has 1 aromatic carbocycles. The molecule has 1 aliphatic heterocycles. The second-order valence-electron chi connectivity index (χ2n) is 3.91. The van der Waals surface area contributed by atoms with Crippen molar-refractivity contribution in [2.45, 2.75) is 19.5 Å². The molecule has 1 saturated heterocycles. The van der Waals surface area contributed by atoms with Gasteiger partial charge in [-0.15, -0.1) is 0 Å². The topological polar surface area (TPSA) is 29.5 Å². The van der Waals surface area contributed by atoms with E-state index in [4.69, 9.17) is 4.74 Å². The number of carbonyl (C=O) groups is 1. The summed E-state index contributed by atoms with van der Waals surface area (Å²) in [6.07, 6.45) is 0. The maximum absolute atomic E-state index is 11.4. The summed E-state index contributed by atoms with van der Waals surface area (Å²) in [6.45, 7) is 4.04. The highest BCUT2D eigenvalue weighted by Crippen LogP contribution is 2.17. The van der Waals surface area contributed by atoms with Gasteiger partial charge in [-0.3, -0.25) is 9.69 Å². The van der Waals surface area contributed by atoms with Crippen molar-refractivity contribution in [3.05, 3.63) is 33.4 Å². The fourth-order valence-electron chi connectivity index (χ4n) is 1.79. The molecular weight excluding hydrogens is 317 g/mol. The Morgan fingerprint density at radius 3 is 3.00 bits per heavy atom. The van der Waals surface area contributed by atoms with Crippen LogP contribution in [-0.4, -0.2) is 30.1 Å². The van der Waals surface area contributed by atoms with Crippen molar-refractivity contribution < 1.29 is 9.53 Å². The summed E-state index contributed by atoms with van der Waals surface area (Å²) in [6, 6.07) is 8.12. The lowest BCUT2D eigenvalue weighted by Gasteiger charge is -2.31. The normalized spacial score (nSPS) is 21.9. The van der Waals surface area contributed by atoms with Crippen LogP contribution >= 0.6 is 22.6 Å². The zero-order valence-corrected chi connectivity index (χ0v) is 11.3. The molecule has 0 aliphatic carbocycles. The summed E-state index contributed by atoms with van der Waals surface area (Å²) in [4.78, 5) is 13.6. The number of cyclic esters (lactones) is 1. The number of carbonyl (C=O) groups excluding carboxylic acids is 1. The van der Waals surface area contributed by atoms with Gasteiger partial charge >= 0.3 is 5.97 Å². The molecule has 0 bridgehead atoms. The van der Waals surface area contributed by atoms with E-state index in [2.05, 4.69) is 39.6 Å². The number of hydrogen-bond donors (Lipinski definition) is 0. The molecule has 0 radical (unpaired) electrons. The van der Waals surface area contributed by atoms with Crippen LogP contribution in [0.4, 0.5) is 0 Å². The fourth-order valence-corrected chi connectivity index (χ4v) is 2.35. The molecule has 1 aliphatic rings. The summed E-state index contributed by atoms with van der Waals surface area (Å²) in [5, 5.41) is 0. The maximum atomic E-state index is 11.4. The lowest BCUT2D eigenvalue weighted by atomic mass is 10.1. The average Bonchev–Trinajstić information content (AvgIpc) is 2.28. The third kappa shape index (κ3) is 2.55. The molecule has 0 spiro atoms. The van der Waals surface area contributed by atoms with Gasteiger partial charge in [0, 0.05) is 16.7 Å². The number of morpholine rings is 1. The molecule has 86 valence electrons. The van der Waals surface area contributed by atoms with Gasteiger partial charge in [-0.05, 0) is 41.1 Å². The minimum absolute atomic E-state index is 0.114. The van der Waals surface area contributed by atoms with Crippen LogP contribution in [0.15, 0.2) is 24.3 Å². The molecule has 1 aromatic rings. The number of esters is 1. The van der Waals surface area contributed by atoms with Crippen molar-refractivity contribution in [3.8, 4) is 0 Å². The van der Waals surface area contributed by atoms with Gasteiger partial charge in [0.05, 0.1) is 0 Å². The second kappa shape index (κ2) is 5.14. The summed E-state index contributed by atoms with van der Waals surface area (Å²) < 4.78 is 6.25. The highest BCUT2D eigenvalue weighted by Gasteiger charge is 2.27. The molecule has 0 unspecified atom stereocenters. The predicted molar refractivity (Wildman–Crippen MR) is 70.0 cm³/mol. The van der Waals surface area contributed by atoms with Gasteiger partial charge in [0.15, 0.2) is 0 Å². The highest BCUT2D eigenvalue weighted by molar-refractivity contribution is 14.1. The number of benzene rings is 1. The van der Waals surface area contributed by atoms with E-state index >= 15 is 0 Å². The van der Waals surface area contributed by atoms with Crippen molar-refractivity contribution >= 4 is 28.6 Å². The zero-order valence-electron chi connectivity index (χ0n) is 9.15. The molecule has 0 N–H and O–H groups in total. The molecule has 0 amide bonds. The van der Waals surface area contributed by atoms with Crippen molar-refractivity contribution in [1.29, 1.82) is 0 Å². The smallest absolute Gasteiger partial charge is 0.323 e. The van der Waals surface area contributed by atoms with Crippen molar-refractivity contribution in [1.82, 2.24) is 4.90 Å². The molecule has 0 aromatic heterocycles. The fraction of sp³-hybridized carbons (Fsp3) is 0.417. The molecule has 1 fully saturated rings. The molecule has 4 heteroatoms. The Balaban J connectivity index is 2.09. The molecule has 2 rings (SSSR count). The van der Waals surface area contributed by atoms with Crippen LogP contribution in [0.2, 0.25) is 0 Å². The van der Waals surface area contributed by atoms with E-state index in [9.17, 15) is 4.79 Å². The van der Waals surface area contributed by atoms with E-state index in [1.165, 1.54) is 9.13 Å². The Kier molecular flexibility index (Phi) is 3.81. The first kappa shape index (κ1) is 11.9. The highest BCUT2D eigenvalue weighted by atomic mass is 127. The lowest BCUT2D eigenvalue weighted by Crippen LogP contribution is -2.46. The van der Waals surface area contributed by atoms with E-state index in [1.54, 1.807) is 0 Å². The third-order valence-corrected chi connectivity index (χ3v) is 3.90. The van der Waals surface area contributed by atoms with Gasteiger partial charge in [0.2, 0.25) is 0 Å². The Hall–Kier alpha value is -0.620. The quantitative estimate of drug-likeness (QED) is 0.614. The van der Waals surface area contributed by atoms with Crippen LogP contribution in [-0.2, 0) is 16.1 Å². The Bertz CT molecular complexity index is 394. The van der Waals surface area contributed by atoms with Gasteiger partial charge < -0.3 is 4.74 Å². The largest absolute Gasteiger partial charge is 0.463 e. The number of hydrogen-bond acceptors (Lipinski definition) is 3. The molecule has 0 saturated carbocycles. The minimum Gasteiger partial charge on any atom is -0.463 e. The van der Waals surface area contributed by atoms with Crippen LogP contribution in [0, 0.1) is 3.57 Å². The van der Waals surface area contributed by atoms with Crippen LogP contribution < -0.4 is 0 Å². The van der Waals surface area contributed by atoms with Crippen molar-refractivity contribution in [3.63, 3.8) is 0 Å². The minimum atomic E-state index is -0.134. The number of rotatable bonds is 2. The number of halogens is 1. The standard InChI is InChI=1S/C12H14INO2/c1-9-12(15)16-7-6-14(9)8-10-4-2-3-5-11(10)13/h2-5,9H,6-8H2,1H3/t9-/m1/s1. The maximum Gasteiger partial charge on any atom is 0.323 e. The lowest BCUT2D eigenvalue weighted by molar-refractivity contribution is -0.156. The zero-order chi connectivity index (χ0) is 11.5. The molecule has 3 nitrogen and oxygen atoms in total. The van der Waals surface area contributed by atoms with E-state index in [0.29, 0.717) is 6.61 Å². The average molecular weight is 331 g/mol. The van der Waals surface area contributed by atoms with Crippen molar-refractivity contribution in [2.75, 3.05) is 13.2 Å². The SMILES string of the molecule is C[C@@H]1C(=O)OCCN1Cc1ccccc1I. The summed E-state index contributed by atoms with van der Waals surface area (Å²) in [5.74, 6) is -0.114. The monoisotopic (exact) mass is 331 g/mol. The summed E-state index contributed by atoms with van der Waals surface area (Å²) in [5.41, 5.74) is 1.27. The van der Waals surface area contributed by atoms with E-state index in [-0.39, 0.29) is 12.0 Å². The van der Waals surface area contributed by atoms with Gasteiger partial charge in [-0.2, -0.15) is 0 Å². The van der Waals surface area contributed by atoms with Gasteiger partial charge in [-0.1, -0.05) is 18.2 Å². The molecule has 1 atom stereocenters. The summed E-state index contributed by atoms with van der Waals surface area (Å²) >= 11 is 2.33. The molecule has 1 heterocycles. The van der Waals surface area contributed by atoms with E-state index < -0.39 is 0 Å².